The maximum absolute atomic E-state index is 13.7. The lowest BCUT2D eigenvalue weighted by atomic mass is 9.81. The van der Waals surface area contributed by atoms with Crippen LogP contribution in [0.4, 0.5) is 0 Å². The van der Waals surface area contributed by atoms with Crippen molar-refractivity contribution in [3.8, 4) is 5.75 Å². The first-order chi connectivity index (χ1) is 15.9. The minimum atomic E-state index is -1.10. The van der Waals surface area contributed by atoms with Crippen LogP contribution in [0.5, 0.6) is 5.75 Å². The van der Waals surface area contributed by atoms with Gasteiger partial charge in [0.15, 0.2) is 5.78 Å². The maximum Gasteiger partial charge on any atom is 0.336 e. The van der Waals surface area contributed by atoms with E-state index in [0.717, 1.165) is 42.9 Å². The van der Waals surface area contributed by atoms with Crippen molar-refractivity contribution in [3.63, 3.8) is 0 Å². The zero-order chi connectivity index (χ0) is 23.4. The van der Waals surface area contributed by atoms with Gasteiger partial charge in [0.2, 0.25) is 0 Å². The van der Waals surface area contributed by atoms with Crippen LogP contribution in [-0.2, 0) is 4.79 Å². The molecule has 0 bridgehead atoms. The van der Waals surface area contributed by atoms with E-state index in [2.05, 4.69) is 8.75 Å². The van der Waals surface area contributed by atoms with Crippen molar-refractivity contribution >= 4 is 40.1 Å². The van der Waals surface area contributed by atoms with Crippen LogP contribution in [0.25, 0.3) is 16.6 Å². The van der Waals surface area contributed by atoms with E-state index < -0.39 is 5.97 Å². The summed E-state index contributed by atoms with van der Waals surface area (Å²) in [6, 6.07) is 12.2. The number of carboxylic acids is 1. The lowest BCUT2D eigenvalue weighted by Crippen LogP contribution is -2.17. The number of carbonyl (C=O) groups is 2. The van der Waals surface area contributed by atoms with Gasteiger partial charge in [0.05, 0.1) is 23.4 Å². The number of carbonyl (C=O) groups excluding carboxylic acids is 1. The number of ether oxygens (including phenoxy) is 1. The van der Waals surface area contributed by atoms with Gasteiger partial charge in [-0.05, 0) is 68.1 Å². The van der Waals surface area contributed by atoms with Gasteiger partial charge in [0, 0.05) is 11.1 Å². The van der Waals surface area contributed by atoms with Gasteiger partial charge in [0.1, 0.15) is 16.8 Å². The minimum absolute atomic E-state index is 0.0297. The molecule has 0 radical (unpaired) electrons. The number of aliphatic carboxylic acids is 1. The number of ketones is 1. The predicted octanol–water partition coefficient (Wildman–Crippen LogP) is 6.17. The highest BCUT2D eigenvalue weighted by Crippen LogP contribution is 2.34. The molecule has 6 nitrogen and oxygen atoms in total. The van der Waals surface area contributed by atoms with Crippen LogP contribution in [0.3, 0.4) is 0 Å². The molecule has 0 atom stereocenters. The smallest absolute Gasteiger partial charge is 0.336 e. The van der Waals surface area contributed by atoms with E-state index in [0.29, 0.717) is 40.3 Å². The number of hydrogen-bond acceptors (Lipinski definition) is 6. The first kappa shape index (κ1) is 23.1. The van der Waals surface area contributed by atoms with Gasteiger partial charge >= 0.3 is 5.97 Å². The van der Waals surface area contributed by atoms with Crippen LogP contribution in [0.15, 0.2) is 48.0 Å². The standard InChI is InChI=1S/C26H28N2O4S/c1-16(2)32-20-11-8-18(9-12-20)25(29)21(14-17-6-4-3-5-7-17)24(26(30)31)19-10-13-22-23(15-19)28-33-27-22/h8-13,15-17H,3-7,14H2,1-2H3,(H,30,31)/b24-21+. The van der Waals surface area contributed by atoms with Crippen LogP contribution in [0, 0.1) is 5.92 Å². The number of carboxylic acid groups (broad SMARTS) is 1. The van der Waals surface area contributed by atoms with E-state index in [4.69, 9.17) is 4.74 Å². The van der Waals surface area contributed by atoms with Gasteiger partial charge in [-0.1, -0.05) is 38.2 Å². The van der Waals surface area contributed by atoms with Crippen LogP contribution >= 0.6 is 11.7 Å². The molecule has 172 valence electrons. The summed E-state index contributed by atoms with van der Waals surface area (Å²) in [4.78, 5) is 26.2. The highest BCUT2D eigenvalue weighted by atomic mass is 32.1. The molecule has 1 fully saturated rings. The average molecular weight is 465 g/mol. The Bertz CT molecular complexity index is 1170. The van der Waals surface area contributed by atoms with E-state index in [1.54, 1.807) is 42.5 Å². The molecule has 2 aromatic carbocycles. The Balaban J connectivity index is 1.78. The fourth-order valence-corrected chi connectivity index (χ4v) is 5.00. The van der Waals surface area contributed by atoms with Crippen molar-refractivity contribution in [2.75, 3.05) is 0 Å². The van der Waals surface area contributed by atoms with Crippen molar-refractivity contribution in [2.45, 2.75) is 58.5 Å². The zero-order valence-electron chi connectivity index (χ0n) is 18.9. The highest BCUT2D eigenvalue weighted by Gasteiger charge is 2.27. The van der Waals surface area contributed by atoms with Gasteiger partial charge < -0.3 is 9.84 Å². The molecule has 0 unspecified atom stereocenters. The van der Waals surface area contributed by atoms with Gasteiger partial charge in [-0.25, -0.2) is 4.79 Å². The fourth-order valence-electron chi connectivity index (χ4n) is 4.48. The molecule has 1 N–H and O–H groups in total. The van der Waals surface area contributed by atoms with E-state index in [9.17, 15) is 14.7 Å². The first-order valence-electron chi connectivity index (χ1n) is 11.4. The average Bonchev–Trinajstić information content (AvgIpc) is 3.27. The SMILES string of the molecule is CC(C)Oc1ccc(C(=O)/C(CC2CCCCC2)=C(/C(=O)O)c2ccc3nsnc3c2)cc1. The van der Waals surface area contributed by atoms with Crippen LogP contribution < -0.4 is 4.74 Å². The molecule has 1 aliphatic carbocycles. The van der Waals surface area contributed by atoms with Crippen molar-refractivity contribution < 1.29 is 19.4 Å². The van der Waals surface area contributed by atoms with Crippen molar-refractivity contribution in [2.24, 2.45) is 5.92 Å². The Morgan fingerprint density at radius 2 is 1.67 bits per heavy atom. The number of benzene rings is 2. The number of fused-ring (bicyclic) bond motifs is 1. The van der Waals surface area contributed by atoms with E-state index in [1.165, 1.54) is 6.42 Å². The third kappa shape index (κ3) is 5.47. The molecule has 1 aromatic heterocycles. The summed E-state index contributed by atoms with van der Waals surface area (Å²) in [7, 11) is 0. The lowest BCUT2D eigenvalue weighted by Gasteiger charge is -2.23. The largest absolute Gasteiger partial charge is 0.491 e. The summed E-state index contributed by atoms with van der Waals surface area (Å²) >= 11 is 1.08. The third-order valence-corrected chi connectivity index (χ3v) is 6.59. The molecular formula is C26H28N2O4S. The van der Waals surface area contributed by atoms with Crippen LogP contribution in [-0.4, -0.2) is 31.7 Å². The number of hydrogen-bond donors (Lipinski definition) is 1. The summed E-state index contributed by atoms with van der Waals surface area (Å²) in [6.07, 6.45) is 5.94. The topological polar surface area (TPSA) is 89.4 Å². The molecule has 0 aliphatic heterocycles. The zero-order valence-corrected chi connectivity index (χ0v) is 19.7. The normalized spacial score (nSPS) is 15.5. The summed E-state index contributed by atoms with van der Waals surface area (Å²) in [5.41, 5.74) is 2.72. The number of aromatic nitrogens is 2. The van der Waals surface area contributed by atoms with E-state index >= 15 is 0 Å². The predicted molar refractivity (Wildman–Crippen MR) is 130 cm³/mol. The van der Waals surface area contributed by atoms with Crippen molar-refractivity contribution in [1.82, 2.24) is 8.75 Å². The molecule has 4 rings (SSSR count). The van der Waals surface area contributed by atoms with Crippen molar-refractivity contribution in [1.29, 1.82) is 0 Å². The lowest BCUT2D eigenvalue weighted by molar-refractivity contribution is -0.130. The van der Waals surface area contributed by atoms with E-state index in [1.807, 2.05) is 13.8 Å². The van der Waals surface area contributed by atoms with E-state index in [-0.39, 0.29) is 17.5 Å². The molecule has 7 heteroatoms. The molecule has 1 heterocycles. The van der Waals surface area contributed by atoms with Gasteiger partial charge in [-0.15, -0.1) is 0 Å². The second-order valence-corrected chi connectivity index (χ2v) is 9.38. The molecule has 3 aromatic rings. The fraction of sp³-hybridized carbons (Fsp3) is 0.385. The molecule has 1 saturated carbocycles. The van der Waals surface area contributed by atoms with Gasteiger partial charge in [-0.2, -0.15) is 8.75 Å². The first-order valence-corrected chi connectivity index (χ1v) is 12.2. The number of allylic oxidation sites excluding steroid dienone is 1. The Labute approximate surface area is 197 Å². The Kier molecular flexibility index (Phi) is 7.18. The van der Waals surface area contributed by atoms with Crippen LogP contribution in [0.1, 0.15) is 68.3 Å². The minimum Gasteiger partial charge on any atom is -0.491 e. The Morgan fingerprint density at radius 1 is 1.00 bits per heavy atom. The van der Waals surface area contributed by atoms with Crippen LogP contribution in [0.2, 0.25) is 0 Å². The third-order valence-electron chi connectivity index (χ3n) is 6.04. The second-order valence-electron chi connectivity index (χ2n) is 8.85. The summed E-state index contributed by atoms with van der Waals surface area (Å²) < 4.78 is 14.1. The van der Waals surface area contributed by atoms with Gasteiger partial charge in [0.25, 0.3) is 0 Å². The molecule has 0 spiro atoms. The number of nitrogens with zero attached hydrogens (tertiary/aromatic N) is 2. The highest BCUT2D eigenvalue weighted by molar-refractivity contribution is 7.00. The summed E-state index contributed by atoms with van der Waals surface area (Å²) in [5, 5.41) is 10.2. The van der Waals surface area contributed by atoms with Crippen molar-refractivity contribution in [3.05, 3.63) is 59.2 Å². The molecular weight excluding hydrogens is 436 g/mol. The number of rotatable bonds is 8. The van der Waals surface area contributed by atoms with Gasteiger partial charge in [-0.3, -0.25) is 4.79 Å². The quantitative estimate of drug-likeness (QED) is 0.317. The summed E-state index contributed by atoms with van der Waals surface area (Å²) in [6.45, 7) is 3.88. The summed E-state index contributed by atoms with van der Waals surface area (Å²) in [5.74, 6) is -0.360. The molecule has 33 heavy (non-hydrogen) atoms. The number of Topliss-reactive ketones (excluding diaryl/α,β-unsaturated/α-hetero) is 1. The molecule has 0 saturated heterocycles. The molecule has 0 amide bonds. The Morgan fingerprint density at radius 3 is 2.33 bits per heavy atom. The maximum atomic E-state index is 13.7. The second kappa shape index (κ2) is 10.3. The Hall–Kier alpha value is -3.06. The monoisotopic (exact) mass is 464 g/mol. The molecule has 1 aliphatic rings.